The van der Waals surface area contributed by atoms with E-state index in [9.17, 15) is 4.79 Å². The van der Waals surface area contributed by atoms with Gasteiger partial charge >= 0.3 is 0 Å². The molecule has 2 aromatic heterocycles. The van der Waals surface area contributed by atoms with Crippen molar-refractivity contribution in [3.8, 4) is 5.88 Å². The number of aryl methyl sites for hydroxylation is 1. The number of hydrogen-bond donors (Lipinski definition) is 2. The van der Waals surface area contributed by atoms with Crippen LogP contribution < -0.4 is 15.8 Å². The quantitative estimate of drug-likeness (QED) is 0.837. The van der Waals surface area contributed by atoms with E-state index in [-0.39, 0.29) is 11.9 Å². The molecule has 2 rings (SSSR count). The molecule has 0 aliphatic heterocycles. The summed E-state index contributed by atoms with van der Waals surface area (Å²) in [4.78, 5) is 20.4. The average Bonchev–Trinajstić information content (AvgIpc) is 2.79. The summed E-state index contributed by atoms with van der Waals surface area (Å²) in [7, 11) is 1.55. The highest BCUT2D eigenvalue weighted by Gasteiger charge is 2.12. The fourth-order valence-corrected chi connectivity index (χ4v) is 2.00. The minimum absolute atomic E-state index is 0.00602. The van der Waals surface area contributed by atoms with E-state index in [1.807, 2.05) is 13.8 Å². The fourth-order valence-electron chi connectivity index (χ4n) is 2.00. The molecule has 0 radical (unpaired) electrons. The van der Waals surface area contributed by atoms with E-state index in [1.165, 1.54) is 0 Å². The lowest BCUT2D eigenvalue weighted by atomic mass is 10.2. The van der Waals surface area contributed by atoms with Crippen LogP contribution in [0.15, 0.2) is 12.1 Å². The van der Waals surface area contributed by atoms with Gasteiger partial charge in [-0.2, -0.15) is 4.98 Å². The Morgan fingerprint density at radius 2 is 2.24 bits per heavy atom. The zero-order valence-corrected chi connectivity index (χ0v) is 12.6. The van der Waals surface area contributed by atoms with Gasteiger partial charge in [0.1, 0.15) is 5.52 Å². The minimum Gasteiger partial charge on any atom is -0.481 e. The van der Waals surface area contributed by atoms with Gasteiger partial charge in [0.15, 0.2) is 5.65 Å². The lowest BCUT2D eigenvalue weighted by molar-refractivity contribution is -0.121. The molecule has 0 aromatic carbocycles. The maximum Gasteiger partial charge on any atom is 0.222 e. The number of ether oxygens (including phenoxy) is 1. The van der Waals surface area contributed by atoms with Crippen LogP contribution in [0.2, 0.25) is 0 Å². The Bertz CT molecular complexity index is 638. The van der Waals surface area contributed by atoms with Crippen LogP contribution in [-0.4, -0.2) is 33.6 Å². The van der Waals surface area contributed by atoms with E-state index < -0.39 is 0 Å². The Hall–Kier alpha value is -2.31. The number of nitrogens with one attached hydrogen (secondary N) is 1. The number of carbonyl (C=O) groups is 1. The van der Waals surface area contributed by atoms with Crippen LogP contribution in [0.1, 0.15) is 26.7 Å². The highest BCUT2D eigenvalue weighted by Crippen LogP contribution is 2.19. The van der Waals surface area contributed by atoms with E-state index in [1.54, 1.807) is 23.8 Å². The summed E-state index contributed by atoms with van der Waals surface area (Å²) in [5.74, 6) is 0.836. The number of rotatable bonds is 6. The number of nitrogens with two attached hydrogens (primary N) is 1. The highest BCUT2D eigenvalue weighted by atomic mass is 16.5. The van der Waals surface area contributed by atoms with Gasteiger partial charge in [-0.3, -0.25) is 9.36 Å². The van der Waals surface area contributed by atoms with Gasteiger partial charge in [0.2, 0.25) is 17.7 Å². The van der Waals surface area contributed by atoms with Gasteiger partial charge in [-0.05, 0) is 19.4 Å². The summed E-state index contributed by atoms with van der Waals surface area (Å²) in [5, 5.41) is 2.92. The molecule has 0 spiro atoms. The molecular weight excluding hydrogens is 270 g/mol. The van der Waals surface area contributed by atoms with Crippen molar-refractivity contribution in [1.29, 1.82) is 0 Å². The second-order valence-corrected chi connectivity index (χ2v) is 4.94. The second kappa shape index (κ2) is 6.43. The number of pyridine rings is 1. The number of nitrogen functional groups attached to an aromatic ring is 1. The van der Waals surface area contributed by atoms with E-state index in [0.29, 0.717) is 36.0 Å². The summed E-state index contributed by atoms with van der Waals surface area (Å²) < 4.78 is 6.84. The number of fused-ring (bicyclic) bond motifs is 1. The number of anilines is 1. The van der Waals surface area contributed by atoms with Gasteiger partial charge in [-0.1, -0.05) is 6.92 Å². The lowest BCUT2D eigenvalue weighted by Gasteiger charge is -2.12. The van der Waals surface area contributed by atoms with Crippen LogP contribution in [0, 0.1) is 0 Å². The molecule has 114 valence electrons. The van der Waals surface area contributed by atoms with Crippen molar-refractivity contribution in [2.24, 2.45) is 0 Å². The number of amides is 1. The molecule has 3 N–H and O–H groups in total. The number of nitrogens with zero attached hydrogens (tertiary/aromatic N) is 3. The predicted molar refractivity (Wildman–Crippen MR) is 81.0 cm³/mol. The molecule has 2 heterocycles. The van der Waals surface area contributed by atoms with Gasteiger partial charge in [0.25, 0.3) is 0 Å². The first kappa shape index (κ1) is 15.1. The van der Waals surface area contributed by atoms with Crippen molar-refractivity contribution in [3.05, 3.63) is 12.1 Å². The van der Waals surface area contributed by atoms with Gasteiger partial charge < -0.3 is 15.8 Å². The molecular formula is C14H21N5O2. The molecule has 7 nitrogen and oxygen atoms in total. The summed E-state index contributed by atoms with van der Waals surface area (Å²) in [6.07, 6.45) is 1.24. The molecule has 0 aliphatic carbocycles. The number of hydrogen-bond acceptors (Lipinski definition) is 5. The average molecular weight is 291 g/mol. The van der Waals surface area contributed by atoms with Gasteiger partial charge in [-0.25, -0.2) is 4.98 Å². The molecule has 0 saturated heterocycles. The summed E-state index contributed by atoms with van der Waals surface area (Å²) in [5.41, 5.74) is 7.22. The van der Waals surface area contributed by atoms with Gasteiger partial charge in [-0.15, -0.1) is 0 Å². The summed E-state index contributed by atoms with van der Waals surface area (Å²) >= 11 is 0. The number of methoxy groups -OCH3 is 1. The third-order valence-corrected chi connectivity index (χ3v) is 3.39. The molecule has 0 saturated carbocycles. The molecule has 0 fully saturated rings. The second-order valence-electron chi connectivity index (χ2n) is 4.94. The third kappa shape index (κ3) is 3.42. The van der Waals surface area contributed by atoms with Crippen molar-refractivity contribution < 1.29 is 9.53 Å². The van der Waals surface area contributed by atoms with Crippen LogP contribution in [-0.2, 0) is 11.3 Å². The van der Waals surface area contributed by atoms with E-state index in [4.69, 9.17) is 10.5 Å². The normalized spacial score (nSPS) is 12.3. The lowest BCUT2D eigenvalue weighted by Crippen LogP contribution is -2.32. The monoisotopic (exact) mass is 291 g/mol. The first-order valence-corrected chi connectivity index (χ1v) is 7.01. The van der Waals surface area contributed by atoms with Gasteiger partial charge in [0, 0.05) is 25.1 Å². The maximum atomic E-state index is 11.8. The largest absolute Gasteiger partial charge is 0.481 e. The van der Waals surface area contributed by atoms with Crippen LogP contribution in [0.25, 0.3) is 11.2 Å². The van der Waals surface area contributed by atoms with Gasteiger partial charge in [0.05, 0.1) is 7.11 Å². The third-order valence-electron chi connectivity index (χ3n) is 3.39. The molecule has 1 unspecified atom stereocenters. The highest BCUT2D eigenvalue weighted by molar-refractivity contribution is 5.77. The first-order chi connectivity index (χ1) is 10.0. The smallest absolute Gasteiger partial charge is 0.222 e. The zero-order chi connectivity index (χ0) is 15.4. The number of aromatic nitrogens is 3. The van der Waals surface area contributed by atoms with E-state index in [2.05, 4.69) is 15.3 Å². The fraction of sp³-hybridized carbons (Fsp3) is 0.500. The summed E-state index contributed by atoms with van der Waals surface area (Å²) in [6, 6.07) is 3.70. The molecule has 1 atom stereocenters. The Morgan fingerprint density at radius 1 is 1.48 bits per heavy atom. The standard InChI is InChI=1S/C14H21N5O2/c1-4-9(2)16-11(20)7-8-19-13-10(17-14(19)15)5-6-12(18-13)21-3/h5-6,9H,4,7-8H2,1-3H3,(H2,15,17)(H,16,20). The van der Waals surface area contributed by atoms with Crippen molar-refractivity contribution in [1.82, 2.24) is 19.9 Å². The Balaban J connectivity index is 2.14. The molecule has 0 bridgehead atoms. The molecule has 21 heavy (non-hydrogen) atoms. The van der Waals surface area contributed by atoms with Crippen LogP contribution in [0.3, 0.4) is 0 Å². The van der Waals surface area contributed by atoms with Crippen LogP contribution >= 0.6 is 0 Å². The van der Waals surface area contributed by atoms with Crippen molar-refractivity contribution in [2.45, 2.75) is 39.3 Å². The van der Waals surface area contributed by atoms with Crippen LogP contribution in [0.4, 0.5) is 5.95 Å². The number of carbonyl (C=O) groups excluding carboxylic acids is 1. The minimum atomic E-state index is -0.00602. The molecule has 0 aliphatic rings. The van der Waals surface area contributed by atoms with E-state index in [0.717, 1.165) is 6.42 Å². The maximum absolute atomic E-state index is 11.8. The predicted octanol–water partition coefficient (Wildman–Crippen LogP) is 1.33. The van der Waals surface area contributed by atoms with Crippen molar-refractivity contribution in [2.75, 3.05) is 12.8 Å². The topological polar surface area (TPSA) is 95.1 Å². The van der Waals surface area contributed by atoms with Crippen molar-refractivity contribution in [3.63, 3.8) is 0 Å². The summed E-state index contributed by atoms with van der Waals surface area (Å²) in [6.45, 7) is 4.44. The molecule has 7 heteroatoms. The zero-order valence-electron chi connectivity index (χ0n) is 12.6. The Morgan fingerprint density at radius 3 is 2.90 bits per heavy atom. The molecule has 1 amide bonds. The Kier molecular flexibility index (Phi) is 4.62. The first-order valence-electron chi connectivity index (χ1n) is 7.01. The Labute approximate surface area is 123 Å². The van der Waals surface area contributed by atoms with Crippen molar-refractivity contribution >= 4 is 23.0 Å². The number of imidazole rings is 1. The van der Waals surface area contributed by atoms with Crippen LogP contribution in [0.5, 0.6) is 5.88 Å². The SMILES string of the molecule is CCC(C)NC(=O)CCn1c(N)nc2ccc(OC)nc21. The molecule has 2 aromatic rings. The van der Waals surface area contributed by atoms with E-state index >= 15 is 0 Å².